The molecule has 0 saturated heterocycles. The summed E-state index contributed by atoms with van der Waals surface area (Å²) in [4.78, 5) is 11.5. The van der Waals surface area contributed by atoms with Gasteiger partial charge in [-0.15, -0.1) is 0 Å². The summed E-state index contributed by atoms with van der Waals surface area (Å²) in [5.41, 5.74) is 3.61. The van der Waals surface area contributed by atoms with Gasteiger partial charge in [-0.2, -0.15) is 0 Å². The fourth-order valence-electron chi connectivity index (χ4n) is 1.54. The lowest BCUT2D eigenvalue weighted by atomic mass is 10.0. The van der Waals surface area contributed by atoms with Gasteiger partial charge in [0.15, 0.2) is 5.78 Å². The molecule has 0 aliphatic carbocycles. The lowest BCUT2D eigenvalue weighted by molar-refractivity contribution is -0.114. The first-order valence-electron chi connectivity index (χ1n) is 5.32. The summed E-state index contributed by atoms with van der Waals surface area (Å²) in [6, 6.07) is 8.22. The largest absolute Gasteiger partial charge is 0.295 e. The summed E-state index contributed by atoms with van der Waals surface area (Å²) in [6.45, 7) is 5.98. The van der Waals surface area contributed by atoms with Crippen LogP contribution in [0, 0.1) is 6.92 Å². The topological polar surface area (TPSA) is 17.1 Å². The Morgan fingerprint density at radius 1 is 1.27 bits per heavy atom. The summed E-state index contributed by atoms with van der Waals surface area (Å²) >= 11 is 0. The van der Waals surface area contributed by atoms with Crippen molar-refractivity contribution < 1.29 is 4.79 Å². The van der Waals surface area contributed by atoms with Crippen molar-refractivity contribution in [3.63, 3.8) is 0 Å². The number of carbonyl (C=O) groups is 1. The third-order valence-electron chi connectivity index (χ3n) is 2.35. The Labute approximate surface area is 91.8 Å². The molecule has 15 heavy (non-hydrogen) atoms. The highest BCUT2D eigenvalue weighted by molar-refractivity contribution is 5.90. The summed E-state index contributed by atoms with van der Waals surface area (Å²) in [7, 11) is 0. The molecular formula is C14H18O. The number of ketones is 1. The van der Waals surface area contributed by atoms with Crippen LogP contribution in [0.1, 0.15) is 31.4 Å². The average Bonchev–Trinajstić information content (AvgIpc) is 2.15. The van der Waals surface area contributed by atoms with E-state index >= 15 is 0 Å². The highest BCUT2D eigenvalue weighted by atomic mass is 16.1. The van der Waals surface area contributed by atoms with Crippen LogP contribution in [-0.4, -0.2) is 5.78 Å². The molecule has 0 spiro atoms. The zero-order valence-corrected chi connectivity index (χ0v) is 9.71. The molecule has 0 saturated carbocycles. The standard InChI is InChI=1S/C14H18O/c1-11(2)10-14(15)9-8-13-7-5-4-6-12(13)3/h4-7,10H,8-9H2,1-3H3. The zero-order chi connectivity index (χ0) is 11.3. The van der Waals surface area contributed by atoms with Crippen LogP contribution in [-0.2, 0) is 11.2 Å². The van der Waals surface area contributed by atoms with Crippen molar-refractivity contribution in [2.75, 3.05) is 0 Å². The van der Waals surface area contributed by atoms with Crippen molar-refractivity contribution in [1.29, 1.82) is 0 Å². The van der Waals surface area contributed by atoms with Gasteiger partial charge in [-0.3, -0.25) is 4.79 Å². The molecule has 0 heterocycles. The Morgan fingerprint density at radius 2 is 1.93 bits per heavy atom. The second kappa shape index (κ2) is 5.50. The van der Waals surface area contributed by atoms with Gasteiger partial charge < -0.3 is 0 Å². The minimum Gasteiger partial charge on any atom is -0.295 e. The zero-order valence-electron chi connectivity index (χ0n) is 9.71. The van der Waals surface area contributed by atoms with E-state index < -0.39 is 0 Å². The van der Waals surface area contributed by atoms with Crippen LogP contribution in [0.4, 0.5) is 0 Å². The molecule has 0 unspecified atom stereocenters. The second-order valence-electron chi connectivity index (χ2n) is 4.11. The van der Waals surface area contributed by atoms with E-state index in [2.05, 4.69) is 19.1 Å². The van der Waals surface area contributed by atoms with Crippen LogP contribution in [0.3, 0.4) is 0 Å². The number of aryl methyl sites for hydroxylation is 2. The second-order valence-corrected chi connectivity index (χ2v) is 4.11. The van der Waals surface area contributed by atoms with Crippen molar-refractivity contribution in [2.45, 2.75) is 33.6 Å². The SMILES string of the molecule is CC(C)=CC(=O)CCc1ccccc1C. The number of allylic oxidation sites excluding steroid dienone is 2. The van der Waals surface area contributed by atoms with E-state index in [4.69, 9.17) is 0 Å². The quantitative estimate of drug-likeness (QED) is 0.683. The van der Waals surface area contributed by atoms with Gasteiger partial charge in [0.2, 0.25) is 0 Å². The molecule has 1 aromatic carbocycles. The van der Waals surface area contributed by atoms with Gasteiger partial charge in [0, 0.05) is 6.42 Å². The monoisotopic (exact) mass is 202 g/mol. The van der Waals surface area contributed by atoms with Crippen molar-refractivity contribution in [2.24, 2.45) is 0 Å². The molecule has 1 heteroatoms. The van der Waals surface area contributed by atoms with Gasteiger partial charge in [0.05, 0.1) is 0 Å². The number of carbonyl (C=O) groups excluding carboxylic acids is 1. The molecule has 0 N–H and O–H groups in total. The first-order valence-corrected chi connectivity index (χ1v) is 5.32. The first-order chi connectivity index (χ1) is 7.09. The highest BCUT2D eigenvalue weighted by Crippen LogP contribution is 2.10. The van der Waals surface area contributed by atoms with E-state index in [1.165, 1.54) is 11.1 Å². The van der Waals surface area contributed by atoms with E-state index in [0.717, 1.165) is 12.0 Å². The van der Waals surface area contributed by atoms with Crippen molar-refractivity contribution >= 4 is 5.78 Å². The summed E-state index contributed by atoms with van der Waals surface area (Å²) in [5.74, 6) is 0.221. The number of rotatable bonds is 4. The van der Waals surface area contributed by atoms with Crippen LogP contribution in [0.5, 0.6) is 0 Å². The van der Waals surface area contributed by atoms with Gasteiger partial charge in [-0.1, -0.05) is 29.8 Å². The van der Waals surface area contributed by atoms with Crippen LogP contribution in [0.25, 0.3) is 0 Å². The van der Waals surface area contributed by atoms with E-state index in [9.17, 15) is 4.79 Å². The van der Waals surface area contributed by atoms with Gasteiger partial charge in [0.1, 0.15) is 0 Å². The van der Waals surface area contributed by atoms with Gasteiger partial charge >= 0.3 is 0 Å². The molecule has 0 fully saturated rings. The van der Waals surface area contributed by atoms with Crippen LogP contribution >= 0.6 is 0 Å². The molecule has 0 radical (unpaired) electrons. The molecule has 0 aromatic heterocycles. The van der Waals surface area contributed by atoms with Gasteiger partial charge in [-0.05, 0) is 44.4 Å². The van der Waals surface area contributed by atoms with Crippen molar-refractivity contribution in [3.8, 4) is 0 Å². The minimum absolute atomic E-state index is 0.221. The molecule has 0 bridgehead atoms. The number of benzene rings is 1. The smallest absolute Gasteiger partial charge is 0.155 e. The Bertz CT molecular complexity index is 371. The first kappa shape index (κ1) is 11.7. The van der Waals surface area contributed by atoms with Crippen LogP contribution in [0.15, 0.2) is 35.9 Å². The average molecular weight is 202 g/mol. The molecule has 1 nitrogen and oxygen atoms in total. The van der Waals surface area contributed by atoms with E-state index in [0.29, 0.717) is 6.42 Å². The van der Waals surface area contributed by atoms with Crippen LogP contribution in [0.2, 0.25) is 0 Å². The molecular weight excluding hydrogens is 184 g/mol. The number of hydrogen-bond donors (Lipinski definition) is 0. The molecule has 80 valence electrons. The molecule has 1 rings (SSSR count). The summed E-state index contributed by atoms with van der Waals surface area (Å²) in [5, 5.41) is 0. The Kier molecular flexibility index (Phi) is 4.29. The van der Waals surface area contributed by atoms with E-state index in [1.807, 2.05) is 26.0 Å². The van der Waals surface area contributed by atoms with Gasteiger partial charge in [0.25, 0.3) is 0 Å². The maximum atomic E-state index is 11.5. The molecule has 0 atom stereocenters. The Hall–Kier alpha value is -1.37. The molecule has 0 aliphatic heterocycles. The van der Waals surface area contributed by atoms with E-state index in [1.54, 1.807) is 6.08 Å². The summed E-state index contributed by atoms with van der Waals surface area (Å²) < 4.78 is 0. The third-order valence-corrected chi connectivity index (χ3v) is 2.35. The fraction of sp³-hybridized carbons (Fsp3) is 0.357. The minimum atomic E-state index is 0.221. The molecule has 1 aromatic rings. The summed E-state index contributed by atoms with van der Waals surface area (Å²) in [6.07, 6.45) is 3.17. The van der Waals surface area contributed by atoms with Crippen LogP contribution < -0.4 is 0 Å². The maximum absolute atomic E-state index is 11.5. The molecule has 0 amide bonds. The lowest BCUT2D eigenvalue weighted by Gasteiger charge is -2.03. The van der Waals surface area contributed by atoms with Gasteiger partial charge in [-0.25, -0.2) is 0 Å². The Balaban J connectivity index is 2.55. The van der Waals surface area contributed by atoms with Crippen molar-refractivity contribution in [3.05, 3.63) is 47.0 Å². The predicted octanol–water partition coefficient (Wildman–Crippen LogP) is 3.46. The predicted molar refractivity (Wildman–Crippen MR) is 63.9 cm³/mol. The van der Waals surface area contributed by atoms with Crippen molar-refractivity contribution in [1.82, 2.24) is 0 Å². The lowest BCUT2D eigenvalue weighted by Crippen LogP contribution is -1.98. The maximum Gasteiger partial charge on any atom is 0.155 e. The van der Waals surface area contributed by atoms with E-state index in [-0.39, 0.29) is 5.78 Å². The molecule has 0 aliphatic rings. The normalized spacial score (nSPS) is 9.80. The fourth-order valence-corrected chi connectivity index (χ4v) is 1.54. The highest BCUT2D eigenvalue weighted by Gasteiger charge is 2.01. The number of hydrogen-bond acceptors (Lipinski definition) is 1. The Morgan fingerprint density at radius 3 is 2.53 bits per heavy atom. The third kappa shape index (κ3) is 4.11.